The molecular formula is C14H19N3O2S. The molecule has 0 spiro atoms. The van der Waals surface area contributed by atoms with Gasteiger partial charge in [0.15, 0.2) is 0 Å². The van der Waals surface area contributed by atoms with E-state index in [0.29, 0.717) is 17.9 Å². The number of rotatable bonds is 3. The molecule has 0 amide bonds. The van der Waals surface area contributed by atoms with Crippen LogP contribution in [0.5, 0.6) is 0 Å². The number of aromatic carboxylic acids is 1. The fourth-order valence-corrected chi connectivity index (χ4v) is 3.02. The van der Waals surface area contributed by atoms with Crippen LogP contribution in [-0.2, 0) is 12.0 Å². The second kappa shape index (κ2) is 5.01. The molecule has 0 unspecified atom stereocenters. The van der Waals surface area contributed by atoms with Crippen LogP contribution in [0.1, 0.15) is 53.2 Å². The molecule has 0 saturated heterocycles. The van der Waals surface area contributed by atoms with E-state index in [1.807, 2.05) is 0 Å². The Kier molecular flexibility index (Phi) is 3.69. The maximum absolute atomic E-state index is 11.2. The summed E-state index contributed by atoms with van der Waals surface area (Å²) in [5.41, 5.74) is 2.58. The van der Waals surface area contributed by atoms with Gasteiger partial charge >= 0.3 is 5.97 Å². The van der Waals surface area contributed by atoms with E-state index in [0.717, 1.165) is 10.7 Å². The van der Waals surface area contributed by atoms with Gasteiger partial charge in [-0.1, -0.05) is 20.8 Å². The summed E-state index contributed by atoms with van der Waals surface area (Å²) >= 11 is 1.58. The SMILES string of the molecule is Cc1nn(Cc2nc(C(C)(C)C)cs2)c(C)c1C(=O)O. The Morgan fingerprint density at radius 2 is 2.05 bits per heavy atom. The highest BCUT2D eigenvalue weighted by Gasteiger charge is 2.20. The molecular weight excluding hydrogens is 274 g/mol. The lowest BCUT2D eigenvalue weighted by atomic mass is 9.93. The number of hydrogen-bond donors (Lipinski definition) is 1. The van der Waals surface area contributed by atoms with E-state index < -0.39 is 5.97 Å². The van der Waals surface area contributed by atoms with Gasteiger partial charge in [-0.05, 0) is 13.8 Å². The quantitative estimate of drug-likeness (QED) is 0.944. The number of nitrogens with zero attached hydrogens (tertiary/aromatic N) is 3. The Morgan fingerprint density at radius 3 is 2.50 bits per heavy atom. The van der Waals surface area contributed by atoms with Crippen LogP contribution in [0.15, 0.2) is 5.38 Å². The number of aryl methyl sites for hydroxylation is 1. The smallest absolute Gasteiger partial charge is 0.339 e. The van der Waals surface area contributed by atoms with Crippen molar-refractivity contribution in [1.82, 2.24) is 14.8 Å². The Hall–Kier alpha value is -1.69. The summed E-state index contributed by atoms with van der Waals surface area (Å²) in [5.74, 6) is -0.930. The minimum absolute atomic E-state index is 0.0239. The summed E-state index contributed by atoms with van der Waals surface area (Å²) in [6.45, 7) is 10.4. The zero-order valence-corrected chi connectivity index (χ0v) is 13.2. The highest BCUT2D eigenvalue weighted by atomic mass is 32.1. The predicted octanol–water partition coefficient (Wildman–Crippen LogP) is 3.00. The predicted molar refractivity (Wildman–Crippen MR) is 78.6 cm³/mol. The van der Waals surface area contributed by atoms with Gasteiger partial charge in [0.1, 0.15) is 10.6 Å². The molecule has 0 radical (unpaired) electrons. The van der Waals surface area contributed by atoms with Gasteiger partial charge < -0.3 is 5.11 Å². The topological polar surface area (TPSA) is 68.0 Å². The summed E-state index contributed by atoms with van der Waals surface area (Å²) in [5, 5.41) is 16.5. The number of carbonyl (C=O) groups is 1. The molecule has 5 nitrogen and oxygen atoms in total. The summed E-state index contributed by atoms with van der Waals surface area (Å²) < 4.78 is 1.71. The van der Waals surface area contributed by atoms with Gasteiger partial charge in [0.25, 0.3) is 0 Å². The first-order valence-electron chi connectivity index (χ1n) is 6.42. The van der Waals surface area contributed by atoms with Crippen molar-refractivity contribution in [3.63, 3.8) is 0 Å². The number of thiazole rings is 1. The molecule has 108 valence electrons. The number of carboxylic acids is 1. The van der Waals surface area contributed by atoms with Crippen molar-refractivity contribution >= 4 is 17.3 Å². The zero-order valence-electron chi connectivity index (χ0n) is 12.4. The van der Waals surface area contributed by atoms with Crippen molar-refractivity contribution in [2.24, 2.45) is 0 Å². The number of hydrogen-bond acceptors (Lipinski definition) is 4. The minimum Gasteiger partial charge on any atom is -0.478 e. The molecule has 2 rings (SSSR count). The van der Waals surface area contributed by atoms with Crippen LogP contribution in [0, 0.1) is 13.8 Å². The first-order chi connectivity index (χ1) is 9.20. The fraction of sp³-hybridized carbons (Fsp3) is 0.500. The van der Waals surface area contributed by atoms with Crippen molar-refractivity contribution in [1.29, 1.82) is 0 Å². The molecule has 2 aromatic heterocycles. The van der Waals surface area contributed by atoms with Crippen LogP contribution >= 0.6 is 11.3 Å². The first-order valence-corrected chi connectivity index (χ1v) is 7.30. The Balaban J connectivity index is 2.29. The molecule has 0 aromatic carbocycles. The number of aromatic nitrogens is 3. The van der Waals surface area contributed by atoms with E-state index in [1.165, 1.54) is 0 Å². The molecule has 1 N–H and O–H groups in total. The van der Waals surface area contributed by atoms with Crippen molar-refractivity contribution < 1.29 is 9.90 Å². The monoisotopic (exact) mass is 293 g/mol. The largest absolute Gasteiger partial charge is 0.478 e. The average molecular weight is 293 g/mol. The summed E-state index contributed by atoms with van der Waals surface area (Å²) in [6.07, 6.45) is 0. The molecule has 0 atom stereocenters. The van der Waals surface area contributed by atoms with Crippen LogP contribution < -0.4 is 0 Å². The van der Waals surface area contributed by atoms with Crippen molar-refractivity contribution in [2.45, 2.75) is 46.6 Å². The highest BCUT2D eigenvalue weighted by molar-refractivity contribution is 7.09. The standard InChI is InChI=1S/C14H19N3O2S/c1-8-12(13(18)19)9(2)17(16-8)6-11-15-10(7-20-11)14(3,4)5/h7H,6H2,1-5H3,(H,18,19). The minimum atomic E-state index is -0.930. The highest BCUT2D eigenvalue weighted by Crippen LogP contribution is 2.24. The van der Waals surface area contributed by atoms with Gasteiger partial charge in [0.05, 0.1) is 23.6 Å². The van der Waals surface area contributed by atoms with E-state index in [9.17, 15) is 9.90 Å². The van der Waals surface area contributed by atoms with Gasteiger partial charge in [-0.3, -0.25) is 4.68 Å². The van der Waals surface area contributed by atoms with Crippen LogP contribution in [-0.4, -0.2) is 25.8 Å². The summed E-state index contributed by atoms with van der Waals surface area (Å²) in [7, 11) is 0. The lowest BCUT2D eigenvalue weighted by molar-refractivity contribution is 0.0695. The molecule has 6 heteroatoms. The van der Waals surface area contributed by atoms with Gasteiger partial charge in [-0.25, -0.2) is 9.78 Å². The van der Waals surface area contributed by atoms with E-state index in [1.54, 1.807) is 29.9 Å². The maximum Gasteiger partial charge on any atom is 0.339 e. The van der Waals surface area contributed by atoms with Gasteiger partial charge in [0, 0.05) is 10.8 Å². The third-order valence-corrected chi connectivity index (χ3v) is 4.03. The van der Waals surface area contributed by atoms with Crippen LogP contribution in [0.2, 0.25) is 0 Å². The lowest BCUT2D eigenvalue weighted by Gasteiger charge is -2.14. The third kappa shape index (κ3) is 2.75. The van der Waals surface area contributed by atoms with Gasteiger partial charge in [-0.2, -0.15) is 5.10 Å². The Morgan fingerprint density at radius 1 is 1.40 bits per heavy atom. The van der Waals surface area contributed by atoms with Gasteiger partial charge in [-0.15, -0.1) is 11.3 Å². The maximum atomic E-state index is 11.2. The molecule has 0 aliphatic carbocycles. The number of carboxylic acid groups (broad SMARTS) is 1. The molecule has 2 heterocycles. The van der Waals surface area contributed by atoms with Crippen LogP contribution in [0.4, 0.5) is 0 Å². The van der Waals surface area contributed by atoms with Crippen molar-refractivity contribution in [2.75, 3.05) is 0 Å². The molecule has 0 fully saturated rings. The molecule has 0 bridgehead atoms. The fourth-order valence-electron chi connectivity index (χ4n) is 2.02. The molecule has 2 aromatic rings. The Labute approximate surface area is 122 Å². The first kappa shape index (κ1) is 14.7. The second-order valence-corrected chi connectivity index (χ2v) is 6.83. The average Bonchev–Trinajstić information content (AvgIpc) is 2.84. The normalized spacial score (nSPS) is 11.8. The van der Waals surface area contributed by atoms with E-state index in [4.69, 9.17) is 0 Å². The second-order valence-electron chi connectivity index (χ2n) is 5.89. The lowest BCUT2D eigenvalue weighted by Crippen LogP contribution is -2.12. The molecule has 0 saturated carbocycles. The van der Waals surface area contributed by atoms with Gasteiger partial charge in [0.2, 0.25) is 0 Å². The third-order valence-electron chi connectivity index (χ3n) is 3.20. The summed E-state index contributed by atoms with van der Waals surface area (Å²) in [4.78, 5) is 15.8. The molecule has 0 aliphatic heterocycles. The van der Waals surface area contributed by atoms with E-state index >= 15 is 0 Å². The van der Waals surface area contributed by atoms with E-state index in [2.05, 4.69) is 36.2 Å². The van der Waals surface area contributed by atoms with Crippen LogP contribution in [0.3, 0.4) is 0 Å². The molecule has 20 heavy (non-hydrogen) atoms. The van der Waals surface area contributed by atoms with E-state index in [-0.39, 0.29) is 11.0 Å². The van der Waals surface area contributed by atoms with Crippen LogP contribution in [0.25, 0.3) is 0 Å². The van der Waals surface area contributed by atoms with Crippen molar-refractivity contribution in [3.05, 3.63) is 33.0 Å². The van der Waals surface area contributed by atoms with Crippen molar-refractivity contribution in [3.8, 4) is 0 Å². The zero-order chi connectivity index (χ0) is 15.1. The molecule has 0 aliphatic rings. The summed E-state index contributed by atoms with van der Waals surface area (Å²) in [6, 6.07) is 0. The Bertz CT molecular complexity index is 650.